The number of amides is 1. The smallest absolute Gasteiger partial charge is 0.352 e. The maximum absolute atomic E-state index is 13.5. The number of benzene rings is 2. The summed E-state index contributed by atoms with van der Waals surface area (Å²) < 4.78 is 18.0. The molecule has 0 N–H and O–H groups in total. The molecule has 1 aromatic heterocycles. The van der Waals surface area contributed by atoms with Crippen LogP contribution in [0.2, 0.25) is 0 Å². The van der Waals surface area contributed by atoms with E-state index in [0.717, 1.165) is 9.25 Å². The average Bonchev–Trinajstić information content (AvgIpc) is 2.91. The minimum absolute atomic E-state index is 0.0618. The van der Waals surface area contributed by atoms with Crippen LogP contribution >= 0.6 is 0 Å². The third kappa shape index (κ3) is 4.96. The molecule has 11 heteroatoms. The van der Waals surface area contributed by atoms with Crippen molar-refractivity contribution in [2.75, 3.05) is 54.6 Å². The van der Waals surface area contributed by atoms with Gasteiger partial charge < -0.3 is 24.0 Å². The zero-order chi connectivity index (χ0) is 25.8. The van der Waals surface area contributed by atoms with Crippen LogP contribution in [0.3, 0.4) is 0 Å². The summed E-state index contributed by atoms with van der Waals surface area (Å²) in [6.07, 6.45) is 0. The highest BCUT2D eigenvalue weighted by Crippen LogP contribution is 2.28. The Morgan fingerprint density at radius 1 is 0.917 bits per heavy atom. The lowest BCUT2D eigenvalue weighted by atomic mass is 10.2. The molecule has 0 saturated carbocycles. The van der Waals surface area contributed by atoms with Crippen molar-refractivity contribution in [2.24, 2.45) is 0 Å². The molecule has 2 aromatic carbocycles. The Balaban J connectivity index is 1.87. The molecular formula is C25H29N5O6. The summed E-state index contributed by atoms with van der Waals surface area (Å²) in [5.74, 6) is 0.916. The summed E-state index contributed by atoms with van der Waals surface area (Å²) in [7, 11) is 6.49. The number of carbonyl (C=O) groups excluding carboxylic acids is 1. The summed E-state index contributed by atoms with van der Waals surface area (Å²) in [6, 6.07) is 11.8. The first kappa shape index (κ1) is 25.0. The molecule has 0 spiro atoms. The van der Waals surface area contributed by atoms with E-state index in [-0.39, 0.29) is 12.2 Å². The molecule has 0 bridgehead atoms. The topological polar surface area (TPSA) is 108 Å². The second-order valence-corrected chi connectivity index (χ2v) is 8.42. The fourth-order valence-corrected chi connectivity index (χ4v) is 4.03. The van der Waals surface area contributed by atoms with E-state index in [2.05, 4.69) is 10.00 Å². The number of aromatic nitrogens is 3. The number of rotatable bonds is 7. The zero-order valence-electron chi connectivity index (χ0n) is 20.8. The highest BCUT2D eigenvalue weighted by molar-refractivity contribution is 5.92. The van der Waals surface area contributed by atoms with Crippen molar-refractivity contribution in [3.05, 3.63) is 74.6 Å². The molecule has 0 radical (unpaired) electrons. The summed E-state index contributed by atoms with van der Waals surface area (Å²) in [6.45, 7) is 2.22. The van der Waals surface area contributed by atoms with Gasteiger partial charge in [0, 0.05) is 32.2 Å². The lowest BCUT2D eigenvalue weighted by Crippen LogP contribution is -2.51. The molecule has 1 fully saturated rings. The van der Waals surface area contributed by atoms with E-state index < -0.39 is 17.2 Å². The van der Waals surface area contributed by atoms with Crippen LogP contribution in [0.5, 0.6) is 17.2 Å². The minimum atomic E-state index is -0.747. The molecule has 0 aliphatic carbocycles. The lowest BCUT2D eigenvalue weighted by molar-refractivity contribution is 0.0652. The molecule has 1 aliphatic rings. The van der Waals surface area contributed by atoms with E-state index >= 15 is 0 Å². The van der Waals surface area contributed by atoms with Crippen LogP contribution in [0.4, 0.5) is 0 Å². The number of likely N-dealkylation sites (N-methyl/N-ethyl adjacent to an activating group) is 1. The first-order valence-corrected chi connectivity index (χ1v) is 11.4. The normalized spacial score (nSPS) is 13.9. The van der Waals surface area contributed by atoms with Crippen molar-refractivity contribution in [3.8, 4) is 22.9 Å². The van der Waals surface area contributed by atoms with Gasteiger partial charge in [-0.15, -0.1) is 0 Å². The van der Waals surface area contributed by atoms with Gasteiger partial charge in [-0.1, -0.05) is 12.1 Å². The minimum Gasteiger partial charge on any atom is -0.497 e. The monoisotopic (exact) mass is 495 g/mol. The molecule has 4 rings (SSSR count). The Bertz CT molecular complexity index is 1370. The van der Waals surface area contributed by atoms with Crippen molar-refractivity contribution in [1.82, 2.24) is 24.1 Å². The van der Waals surface area contributed by atoms with Crippen LogP contribution in [-0.4, -0.2) is 84.6 Å². The van der Waals surface area contributed by atoms with Crippen molar-refractivity contribution in [1.29, 1.82) is 0 Å². The standard InChI is InChI=1S/C25H29N5O6/c1-27-10-12-28(13-11-27)23(31)22-24(32)29(16-17-6-5-7-19(14-17)34-2)25(33)30(26-22)18-8-9-20(35-3)21(15-18)36-4/h5-9,14-15H,10-13,16H2,1-4H3. The SMILES string of the molecule is COc1cccc(Cn2c(=O)c(C(=O)N3CCN(C)CC3)nn(-c3ccc(OC)c(OC)c3)c2=O)c1. The number of methoxy groups -OCH3 is 3. The maximum atomic E-state index is 13.5. The average molecular weight is 496 g/mol. The van der Waals surface area contributed by atoms with Gasteiger partial charge in [-0.3, -0.25) is 14.2 Å². The van der Waals surface area contributed by atoms with E-state index in [1.807, 2.05) is 7.05 Å². The molecule has 1 amide bonds. The summed E-state index contributed by atoms with van der Waals surface area (Å²) in [4.78, 5) is 44.1. The van der Waals surface area contributed by atoms with Gasteiger partial charge in [-0.25, -0.2) is 4.79 Å². The van der Waals surface area contributed by atoms with E-state index in [0.29, 0.717) is 54.7 Å². The van der Waals surface area contributed by atoms with E-state index in [1.54, 1.807) is 47.4 Å². The van der Waals surface area contributed by atoms with Crippen molar-refractivity contribution >= 4 is 5.91 Å². The molecule has 11 nitrogen and oxygen atoms in total. The van der Waals surface area contributed by atoms with E-state index in [1.165, 1.54) is 21.3 Å². The van der Waals surface area contributed by atoms with Gasteiger partial charge in [0.2, 0.25) is 5.69 Å². The van der Waals surface area contributed by atoms with Crippen molar-refractivity contribution < 1.29 is 19.0 Å². The Hall–Kier alpha value is -4.12. The van der Waals surface area contributed by atoms with Gasteiger partial charge in [0.1, 0.15) is 5.75 Å². The van der Waals surface area contributed by atoms with Crippen LogP contribution in [-0.2, 0) is 6.54 Å². The predicted octanol–water partition coefficient (Wildman–Crippen LogP) is 0.856. The highest BCUT2D eigenvalue weighted by Gasteiger charge is 2.27. The van der Waals surface area contributed by atoms with Crippen molar-refractivity contribution in [2.45, 2.75) is 6.54 Å². The van der Waals surface area contributed by atoms with Gasteiger partial charge in [-0.05, 0) is 36.9 Å². The Morgan fingerprint density at radius 2 is 1.64 bits per heavy atom. The van der Waals surface area contributed by atoms with Gasteiger partial charge in [0.05, 0.1) is 33.6 Å². The second-order valence-electron chi connectivity index (χ2n) is 8.42. The fraction of sp³-hybridized carbons (Fsp3) is 0.360. The van der Waals surface area contributed by atoms with E-state index in [4.69, 9.17) is 14.2 Å². The molecule has 190 valence electrons. The van der Waals surface area contributed by atoms with Crippen LogP contribution in [0.15, 0.2) is 52.1 Å². The molecule has 0 atom stereocenters. The number of hydrogen-bond donors (Lipinski definition) is 0. The zero-order valence-corrected chi connectivity index (χ0v) is 20.8. The number of piperazine rings is 1. The fourth-order valence-electron chi connectivity index (χ4n) is 4.03. The molecule has 36 heavy (non-hydrogen) atoms. The molecule has 0 unspecified atom stereocenters. The Labute approximate surface area is 208 Å². The van der Waals surface area contributed by atoms with Crippen molar-refractivity contribution in [3.63, 3.8) is 0 Å². The summed E-state index contributed by atoms with van der Waals surface area (Å²) >= 11 is 0. The molecule has 1 saturated heterocycles. The van der Waals surface area contributed by atoms with Gasteiger partial charge in [0.15, 0.2) is 11.5 Å². The van der Waals surface area contributed by atoms with Crippen LogP contribution in [0, 0.1) is 0 Å². The Morgan fingerprint density at radius 3 is 2.31 bits per heavy atom. The third-order valence-corrected chi connectivity index (χ3v) is 6.14. The van der Waals surface area contributed by atoms with Crippen LogP contribution < -0.4 is 25.5 Å². The molecule has 1 aliphatic heterocycles. The number of ether oxygens (including phenoxy) is 3. The summed E-state index contributed by atoms with van der Waals surface area (Å²) in [5.41, 5.74) is -0.772. The predicted molar refractivity (Wildman–Crippen MR) is 133 cm³/mol. The second kappa shape index (κ2) is 10.6. The Kier molecular flexibility index (Phi) is 7.39. The number of nitrogens with zero attached hydrogens (tertiary/aromatic N) is 5. The van der Waals surface area contributed by atoms with Gasteiger partial charge in [0.25, 0.3) is 11.5 Å². The van der Waals surface area contributed by atoms with Crippen LogP contribution in [0.1, 0.15) is 16.1 Å². The number of carbonyl (C=O) groups is 1. The van der Waals surface area contributed by atoms with Gasteiger partial charge >= 0.3 is 5.69 Å². The first-order chi connectivity index (χ1) is 17.4. The largest absolute Gasteiger partial charge is 0.497 e. The first-order valence-electron chi connectivity index (χ1n) is 11.4. The maximum Gasteiger partial charge on any atom is 0.352 e. The quantitative estimate of drug-likeness (QED) is 0.475. The molecular weight excluding hydrogens is 466 g/mol. The molecule has 2 heterocycles. The van der Waals surface area contributed by atoms with Crippen LogP contribution in [0.25, 0.3) is 5.69 Å². The van der Waals surface area contributed by atoms with Gasteiger partial charge in [-0.2, -0.15) is 9.78 Å². The summed E-state index contributed by atoms with van der Waals surface area (Å²) in [5, 5.41) is 4.25. The highest BCUT2D eigenvalue weighted by atomic mass is 16.5. The number of hydrogen-bond acceptors (Lipinski definition) is 8. The molecule has 3 aromatic rings. The third-order valence-electron chi connectivity index (χ3n) is 6.14. The van der Waals surface area contributed by atoms with E-state index in [9.17, 15) is 14.4 Å². The lowest BCUT2D eigenvalue weighted by Gasteiger charge is -2.32.